The van der Waals surface area contributed by atoms with Crippen LogP contribution in [0.4, 0.5) is 5.69 Å². The molecule has 9 heteroatoms. The number of nitrogen functional groups attached to an aromatic ring is 1. The Morgan fingerprint density at radius 1 is 1.17 bits per heavy atom. The number of nitrogens with one attached hydrogen (secondary N) is 1. The second-order valence-electron chi connectivity index (χ2n) is 4.46. The van der Waals surface area contributed by atoms with E-state index in [0.717, 1.165) is 0 Å². The molecule has 1 aromatic heterocycles. The average molecular weight is 324 g/mol. The van der Waals surface area contributed by atoms with Crippen LogP contribution in [0.1, 0.15) is 37.3 Å². The van der Waals surface area contributed by atoms with Crippen LogP contribution < -0.4 is 11.1 Å². The van der Waals surface area contributed by atoms with Crippen LogP contribution in [0.3, 0.4) is 0 Å². The Kier molecular flexibility index (Phi) is 7.44. The second-order valence-corrected chi connectivity index (χ2v) is 4.46. The Balaban J connectivity index is 2.71. The summed E-state index contributed by atoms with van der Waals surface area (Å²) < 4.78 is 9.68. The molecule has 23 heavy (non-hydrogen) atoms. The molecule has 0 fully saturated rings. The Morgan fingerprint density at radius 2 is 1.78 bits per heavy atom. The van der Waals surface area contributed by atoms with Crippen LogP contribution in [-0.2, 0) is 19.1 Å². The molecule has 0 aromatic carbocycles. The first-order valence-electron chi connectivity index (χ1n) is 7.18. The van der Waals surface area contributed by atoms with E-state index in [2.05, 4.69) is 15.3 Å². The largest absolute Gasteiger partial charge is 0.466 e. The number of hydrogen-bond acceptors (Lipinski definition) is 8. The van der Waals surface area contributed by atoms with Crippen LogP contribution in [0.15, 0.2) is 12.4 Å². The van der Waals surface area contributed by atoms with Gasteiger partial charge in [-0.3, -0.25) is 9.59 Å². The zero-order chi connectivity index (χ0) is 17.2. The van der Waals surface area contributed by atoms with Crippen molar-refractivity contribution in [2.75, 3.05) is 18.9 Å². The van der Waals surface area contributed by atoms with Crippen molar-refractivity contribution in [3.05, 3.63) is 18.2 Å². The van der Waals surface area contributed by atoms with Gasteiger partial charge in [-0.25, -0.2) is 14.8 Å². The number of carbonyl (C=O) groups excluding carboxylic acids is 3. The Morgan fingerprint density at radius 3 is 2.35 bits per heavy atom. The van der Waals surface area contributed by atoms with E-state index < -0.39 is 23.9 Å². The number of amides is 1. The molecular formula is C14H20N4O5. The van der Waals surface area contributed by atoms with Gasteiger partial charge in [-0.15, -0.1) is 0 Å². The summed E-state index contributed by atoms with van der Waals surface area (Å²) in [5.41, 5.74) is 5.75. The first kappa shape index (κ1) is 18.3. The first-order valence-corrected chi connectivity index (χ1v) is 7.18. The predicted octanol–water partition coefficient (Wildman–Crippen LogP) is 0.0636. The number of anilines is 1. The third-order valence-electron chi connectivity index (χ3n) is 2.69. The lowest BCUT2D eigenvalue weighted by Gasteiger charge is -2.16. The molecule has 0 saturated carbocycles. The molecule has 1 heterocycles. The van der Waals surface area contributed by atoms with Crippen LogP contribution in [0.5, 0.6) is 0 Å². The van der Waals surface area contributed by atoms with E-state index in [4.69, 9.17) is 15.2 Å². The Labute approximate surface area is 133 Å². The van der Waals surface area contributed by atoms with Gasteiger partial charge in [-0.1, -0.05) is 0 Å². The number of aromatic nitrogens is 2. The van der Waals surface area contributed by atoms with Crippen molar-refractivity contribution in [3.8, 4) is 0 Å². The zero-order valence-electron chi connectivity index (χ0n) is 13.1. The highest BCUT2D eigenvalue weighted by atomic mass is 16.5. The zero-order valence-corrected chi connectivity index (χ0v) is 13.1. The third-order valence-corrected chi connectivity index (χ3v) is 2.69. The summed E-state index contributed by atoms with van der Waals surface area (Å²) in [6.45, 7) is 3.73. The monoisotopic (exact) mass is 324 g/mol. The summed E-state index contributed by atoms with van der Waals surface area (Å²) >= 11 is 0. The van der Waals surface area contributed by atoms with E-state index in [0.29, 0.717) is 5.69 Å². The normalized spacial score (nSPS) is 11.4. The van der Waals surface area contributed by atoms with E-state index in [1.165, 1.54) is 12.4 Å². The van der Waals surface area contributed by atoms with Gasteiger partial charge in [0.1, 0.15) is 6.04 Å². The lowest BCUT2D eigenvalue weighted by Crippen LogP contribution is -2.42. The molecule has 0 aliphatic heterocycles. The van der Waals surface area contributed by atoms with Gasteiger partial charge in [0.05, 0.1) is 31.3 Å². The molecule has 1 rings (SSSR count). The molecule has 9 nitrogen and oxygen atoms in total. The predicted molar refractivity (Wildman–Crippen MR) is 80.2 cm³/mol. The molecule has 1 amide bonds. The SMILES string of the molecule is CCOC(=O)CCC(NC(=O)c1ncc(N)cn1)C(=O)OCC. The maximum absolute atomic E-state index is 12.0. The van der Waals surface area contributed by atoms with Crippen molar-refractivity contribution < 1.29 is 23.9 Å². The maximum atomic E-state index is 12.0. The minimum atomic E-state index is -0.993. The van der Waals surface area contributed by atoms with Crippen LogP contribution in [-0.4, -0.2) is 47.1 Å². The Hall–Kier alpha value is -2.71. The highest BCUT2D eigenvalue weighted by molar-refractivity contribution is 5.93. The van der Waals surface area contributed by atoms with Crippen molar-refractivity contribution >= 4 is 23.5 Å². The Bertz CT molecular complexity index is 547. The van der Waals surface area contributed by atoms with Crippen molar-refractivity contribution in [1.82, 2.24) is 15.3 Å². The van der Waals surface area contributed by atoms with Gasteiger partial charge in [0.2, 0.25) is 5.82 Å². The van der Waals surface area contributed by atoms with Crippen molar-refractivity contribution in [1.29, 1.82) is 0 Å². The maximum Gasteiger partial charge on any atom is 0.328 e. The van der Waals surface area contributed by atoms with Gasteiger partial charge in [0, 0.05) is 6.42 Å². The van der Waals surface area contributed by atoms with Gasteiger partial charge >= 0.3 is 11.9 Å². The number of nitrogens with zero attached hydrogens (tertiary/aromatic N) is 2. The fraction of sp³-hybridized carbons (Fsp3) is 0.500. The number of carbonyl (C=O) groups is 3. The molecule has 0 radical (unpaired) electrons. The van der Waals surface area contributed by atoms with E-state index in [-0.39, 0.29) is 31.9 Å². The van der Waals surface area contributed by atoms with Crippen LogP contribution in [0.2, 0.25) is 0 Å². The van der Waals surface area contributed by atoms with Gasteiger partial charge in [-0.2, -0.15) is 0 Å². The number of esters is 2. The van der Waals surface area contributed by atoms with E-state index in [9.17, 15) is 14.4 Å². The molecule has 1 unspecified atom stereocenters. The fourth-order valence-electron chi connectivity index (χ4n) is 1.67. The van der Waals surface area contributed by atoms with Crippen LogP contribution >= 0.6 is 0 Å². The number of ether oxygens (including phenoxy) is 2. The molecule has 0 aliphatic rings. The molecule has 1 atom stereocenters. The standard InChI is InChI=1S/C14H20N4O5/c1-3-22-11(19)6-5-10(14(21)23-4-2)18-13(20)12-16-7-9(15)8-17-12/h7-8,10H,3-6,15H2,1-2H3,(H,18,20). The topological polar surface area (TPSA) is 133 Å². The minimum Gasteiger partial charge on any atom is -0.466 e. The van der Waals surface area contributed by atoms with Crippen molar-refractivity contribution in [3.63, 3.8) is 0 Å². The van der Waals surface area contributed by atoms with Crippen molar-refractivity contribution in [2.45, 2.75) is 32.7 Å². The van der Waals surface area contributed by atoms with Crippen LogP contribution in [0.25, 0.3) is 0 Å². The summed E-state index contributed by atoms with van der Waals surface area (Å²) in [5.74, 6) is -1.89. The smallest absolute Gasteiger partial charge is 0.328 e. The molecule has 1 aromatic rings. The molecule has 0 aliphatic carbocycles. The molecule has 0 bridgehead atoms. The van der Waals surface area contributed by atoms with E-state index in [1.807, 2.05) is 0 Å². The number of hydrogen-bond donors (Lipinski definition) is 2. The van der Waals surface area contributed by atoms with E-state index in [1.54, 1.807) is 13.8 Å². The third kappa shape index (κ3) is 6.29. The van der Waals surface area contributed by atoms with E-state index >= 15 is 0 Å². The van der Waals surface area contributed by atoms with Crippen molar-refractivity contribution in [2.24, 2.45) is 0 Å². The summed E-state index contributed by atoms with van der Waals surface area (Å²) in [6, 6.07) is -0.993. The second kappa shape index (κ2) is 9.34. The molecular weight excluding hydrogens is 304 g/mol. The van der Waals surface area contributed by atoms with Gasteiger partial charge in [0.15, 0.2) is 0 Å². The molecule has 126 valence electrons. The molecule has 0 saturated heterocycles. The quantitative estimate of drug-likeness (QED) is 0.641. The molecule has 0 spiro atoms. The van der Waals surface area contributed by atoms with Gasteiger partial charge in [-0.05, 0) is 20.3 Å². The summed E-state index contributed by atoms with van der Waals surface area (Å²) in [6.07, 6.45) is 2.58. The fourth-order valence-corrected chi connectivity index (χ4v) is 1.67. The highest BCUT2D eigenvalue weighted by Crippen LogP contribution is 2.04. The lowest BCUT2D eigenvalue weighted by molar-refractivity contribution is -0.146. The molecule has 3 N–H and O–H groups in total. The lowest BCUT2D eigenvalue weighted by atomic mass is 10.1. The summed E-state index contributed by atoms with van der Waals surface area (Å²) in [7, 11) is 0. The minimum absolute atomic E-state index is 0.0276. The first-order chi connectivity index (χ1) is 11.0. The highest BCUT2D eigenvalue weighted by Gasteiger charge is 2.24. The van der Waals surface area contributed by atoms with Gasteiger partial charge < -0.3 is 20.5 Å². The average Bonchev–Trinajstić information content (AvgIpc) is 2.52. The number of nitrogens with two attached hydrogens (primary N) is 1. The van der Waals surface area contributed by atoms with Gasteiger partial charge in [0.25, 0.3) is 5.91 Å². The van der Waals surface area contributed by atoms with Crippen LogP contribution in [0, 0.1) is 0 Å². The number of rotatable bonds is 8. The summed E-state index contributed by atoms with van der Waals surface area (Å²) in [4.78, 5) is 42.9. The summed E-state index contributed by atoms with van der Waals surface area (Å²) in [5, 5.41) is 2.45.